The van der Waals surface area contributed by atoms with Crippen molar-refractivity contribution >= 4 is 65.7 Å². The van der Waals surface area contributed by atoms with E-state index in [1.807, 2.05) is 24.3 Å². The molecule has 0 spiro atoms. The summed E-state index contributed by atoms with van der Waals surface area (Å²) >= 11 is 7.13. The fourth-order valence-corrected chi connectivity index (χ4v) is 6.78. The van der Waals surface area contributed by atoms with Crippen LogP contribution < -0.4 is 10.5 Å². The average molecular weight is 487 g/mol. The second-order valence-corrected chi connectivity index (χ2v) is 11.2. The molecule has 32 heavy (non-hydrogen) atoms. The highest BCUT2D eigenvalue weighted by atomic mass is 35.5. The van der Waals surface area contributed by atoms with Crippen LogP contribution in [0.15, 0.2) is 58.8 Å². The number of benzene rings is 2. The van der Waals surface area contributed by atoms with Crippen molar-refractivity contribution in [2.75, 3.05) is 12.3 Å². The molecule has 10 heteroatoms. The topological polar surface area (TPSA) is 105 Å². The van der Waals surface area contributed by atoms with Gasteiger partial charge in [0.1, 0.15) is 16.1 Å². The molecule has 0 bridgehead atoms. The number of likely N-dealkylation sites (tertiary alicyclic amines) is 1. The first-order valence-electron chi connectivity index (χ1n) is 9.94. The van der Waals surface area contributed by atoms with Gasteiger partial charge in [-0.2, -0.15) is 4.72 Å². The zero-order valence-electron chi connectivity index (χ0n) is 16.8. The van der Waals surface area contributed by atoms with Gasteiger partial charge in [-0.15, -0.1) is 11.3 Å². The monoisotopic (exact) mass is 486 g/mol. The molecule has 7 nitrogen and oxygen atoms in total. The third-order valence-corrected chi connectivity index (χ3v) is 8.75. The predicted molar refractivity (Wildman–Crippen MR) is 127 cm³/mol. The van der Waals surface area contributed by atoms with Crippen molar-refractivity contribution < 1.29 is 13.2 Å². The molecule has 5 rings (SSSR count). The molecule has 0 unspecified atom stereocenters. The number of pyridine rings is 1. The normalized spacial score (nSPS) is 17.0. The summed E-state index contributed by atoms with van der Waals surface area (Å²) in [5.74, 6) is 0.197. The van der Waals surface area contributed by atoms with Gasteiger partial charge in [-0.1, -0.05) is 29.8 Å². The van der Waals surface area contributed by atoms with Crippen LogP contribution in [0.5, 0.6) is 0 Å². The van der Waals surface area contributed by atoms with Crippen LogP contribution in [0.2, 0.25) is 5.02 Å². The Morgan fingerprint density at radius 2 is 1.91 bits per heavy atom. The standard InChI is InChI=1S/C22H19ClN4O3S2/c23-16-5-3-15-10-21(31-19(15)11-16)32(29,30)26-17-7-8-27(22(17)28)12-13-1-2-14-4-6-20(24)25-18(14)9-13/h1-6,9-11,17,26H,7-8,12H2,(H2,24,25)/t17-/m0/s1. The second-order valence-electron chi connectivity index (χ2n) is 7.73. The largest absolute Gasteiger partial charge is 0.384 e. The summed E-state index contributed by atoms with van der Waals surface area (Å²) in [6.45, 7) is 0.849. The number of fused-ring (bicyclic) bond motifs is 2. The summed E-state index contributed by atoms with van der Waals surface area (Å²) < 4.78 is 29.3. The number of aromatic nitrogens is 1. The van der Waals surface area contributed by atoms with E-state index in [0.29, 0.717) is 30.4 Å². The first-order valence-corrected chi connectivity index (χ1v) is 12.6. The number of halogens is 1. The van der Waals surface area contributed by atoms with E-state index >= 15 is 0 Å². The minimum Gasteiger partial charge on any atom is -0.384 e. The van der Waals surface area contributed by atoms with Crippen LogP contribution in [0, 0.1) is 0 Å². The minimum absolute atomic E-state index is 0.166. The Morgan fingerprint density at radius 1 is 1.12 bits per heavy atom. The number of nitrogens with two attached hydrogens (primary N) is 1. The molecule has 1 aliphatic rings. The highest BCUT2D eigenvalue weighted by Crippen LogP contribution is 2.31. The predicted octanol–water partition coefficient (Wildman–Crippen LogP) is 3.76. The highest BCUT2D eigenvalue weighted by Gasteiger charge is 2.35. The Balaban J connectivity index is 1.31. The average Bonchev–Trinajstić information content (AvgIpc) is 3.32. The highest BCUT2D eigenvalue weighted by molar-refractivity contribution is 7.91. The summed E-state index contributed by atoms with van der Waals surface area (Å²) in [6, 6.07) is 15.5. The van der Waals surface area contributed by atoms with Gasteiger partial charge in [-0.3, -0.25) is 4.79 Å². The summed E-state index contributed by atoms with van der Waals surface area (Å²) in [6.07, 6.45) is 0.410. The van der Waals surface area contributed by atoms with Crippen LogP contribution in [0.4, 0.5) is 5.82 Å². The van der Waals surface area contributed by atoms with Gasteiger partial charge in [-0.05, 0) is 53.8 Å². The number of sulfonamides is 1. The van der Waals surface area contributed by atoms with Crippen molar-refractivity contribution in [1.82, 2.24) is 14.6 Å². The van der Waals surface area contributed by atoms with E-state index in [-0.39, 0.29) is 10.1 Å². The number of thiophene rings is 1. The SMILES string of the molecule is Nc1ccc2ccc(CN3CC[C@H](NS(=O)(=O)c4cc5ccc(Cl)cc5s4)C3=O)cc2n1. The molecule has 3 heterocycles. The van der Waals surface area contributed by atoms with Gasteiger partial charge in [-0.25, -0.2) is 13.4 Å². The van der Waals surface area contributed by atoms with Crippen molar-refractivity contribution in [3.05, 3.63) is 65.2 Å². The Morgan fingerprint density at radius 3 is 2.75 bits per heavy atom. The molecule has 1 amide bonds. The van der Waals surface area contributed by atoms with Gasteiger partial charge in [0.2, 0.25) is 5.91 Å². The molecule has 1 fully saturated rings. The molecule has 2 aromatic heterocycles. The van der Waals surface area contributed by atoms with Gasteiger partial charge in [0.05, 0.1) is 5.52 Å². The van der Waals surface area contributed by atoms with Crippen molar-refractivity contribution in [2.45, 2.75) is 23.2 Å². The first kappa shape index (κ1) is 21.1. The second kappa shape index (κ2) is 8.00. The number of carbonyl (C=O) groups is 1. The van der Waals surface area contributed by atoms with Gasteiger partial charge in [0.15, 0.2) is 0 Å². The van der Waals surface area contributed by atoms with Crippen molar-refractivity contribution in [2.24, 2.45) is 0 Å². The summed E-state index contributed by atoms with van der Waals surface area (Å²) in [5.41, 5.74) is 7.44. The molecule has 1 aliphatic heterocycles. The molecule has 0 saturated carbocycles. The number of amides is 1. The lowest BCUT2D eigenvalue weighted by Crippen LogP contribution is -2.41. The molecule has 3 N–H and O–H groups in total. The number of hydrogen-bond donors (Lipinski definition) is 2. The molecule has 2 aromatic carbocycles. The Bertz CT molecular complexity index is 1470. The van der Waals surface area contributed by atoms with Gasteiger partial charge in [0.25, 0.3) is 10.0 Å². The molecule has 4 aromatic rings. The zero-order valence-corrected chi connectivity index (χ0v) is 19.2. The molecule has 1 saturated heterocycles. The lowest BCUT2D eigenvalue weighted by atomic mass is 10.1. The number of nitrogens with zero attached hydrogens (tertiary/aromatic N) is 2. The van der Waals surface area contributed by atoms with Gasteiger partial charge in [0, 0.05) is 28.2 Å². The van der Waals surface area contributed by atoms with Gasteiger partial charge >= 0.3 is 0 Å². The van der Waals surface area contributed by atoms with Crippen LogP contribution in [-0.4, -0.2) is 36.8 Å². The summed E-state index contributed by atoms with van der Waals surface area (Å²) in [7, 11) is -3.83. The summed E-state index contributed by atoms with van der Waals surface area (Å²) in [4.78, 5) is 18.9. The van der Waals surface area contributed by atoms with Crippen molar-refractivity contribution in [3.8, 4) is 0 Å². The first-order chi connectivity index (χ1) is 15.3. The fraction of sp³-hybridized carbons (Fsp3) is 0.182. The third kappa shape index (κ3) is 4.04. The van der Waals surface area contributed by atoms with Crippen molar-refractivity contribution in [3.63, 3.8) is 0 Å². The maximum Gasteiger partial charge on any atom is 0.250 e. The fourth-order valence-electron chi connectivity index (χ4n) is 3.86. The lowest BCUT2D eigenvalue weighted by Gasteiger charge is -2.17. The van der Waals surface area contributed by atoms with Crippen LogP contribution >= 0.6 is 22.9 Å². The Labute approximate surface area is 193 Å². The maximum atomic E-state index is 12.9. The van der Waals surface area contributed by atoms with E-state index in [0.717, 1.165) is 37.9 Å². The minimum atomic E-state index is -3.83. The van der Waals surface area contributed by atoms with Crippen LogP contribution in [0.1, 0.15) is 12.0 Å². The number of anilines is 1. The lowest BCUT2D eigenvalue weighted by molar-refractivity contribution is -0.129. The van der Waals surface area contributed by atoms with Gasteiger partial charge < -0.3 is 10.6 Å². The van der Waals surface area contributed by atoms with E-state index in [2.05, 4.69) is 9.71 Å². The van der Waals surface area contributed by atoms with Crippen LogP contribution in [0.3, 0.4) is 0 Å². The number of carbonyl (C=O) groups excluding carboxylic acids is 1. The zero-order chi connectivity index (χ0) is 22.5. The number of rotatable bonds is 5. The van der Waals surface area contributed by atoms with E-state index in [9.17, 15) is 13.2 Å². The molecular formula is C22H19ClN4O3S2. The Hall–Kier alpha value is -2.72. The van der Waals surface area contributed by atoms with Crippen molar-refractivity contribution in [1.29, 1.82) is 0 Å². The molecule has 1 atom stereocenters. The Kier molecular flexibility index (Phi) is 5.29. The quantitative estimate of drug-likeness (QED) is 0.446. The number of nitrogen functional groups attached to an aromatic ring is 1. The smallest absolute Gasteiger partial charge is 0.250 e. The number of hydrogen-bond acceptors (Lipinski definition) is 6. The number of nitrogens with one attached hydrogen (secondary N) is 1. The molecular weight excluding hydrogens is 468 g/mol. The van der Waals surface area contributed by atoms with Crippen LogP contribution in [-0.2, 0) is 21.4 Å². The third-order valence-electron chi connectivity index (χ3n) is 5.47. The maximum absolute atomic E-state index is 12.9. The molecule has 0 aliphatic carbocycles. The van der Waals surface area contributed by atoms with Crippen LogP contribution in [0.25, 0.3) is 21.0 Å². The molecule has 164 valence electrons. The van der Waals surface area contributed by atoms with E-state index in [1.54, 1.807) is 35.2 Å². The van der Waals surface area contributed by atoms with E-state index < -0.39 is 16.1 Å². The summed E-state index contributed by atoms with van der Waals surface area (Å²) in [5, 5.41) is 2.31. The molecule has 0 radical (unpaired) electrons. The van der Waals surface area contributed by atoms with E-state index in [4.69, 9.17) is 17.3 Å². The van der Waals surface area contributed by atoms with E-state index in [1.165, 1.54) is 0 Å².